The van der Waals surface area contributed by atoms with E-state index in [1.807, 2.05) is 36.4 Å². The molecule has 1 atom stereocenters. The van der Waals surface area contributed by atoms with Gasteiger partial charge >= 0.3 is 0 Å². The third-order valence-corrected chi connectivity index (χ3v) is 3.39. The molecule has 2 aromatic rings. The number of benzene rings is 1. The molecule has 0 bridgehead atoms. The minimum absolute atomic E-state index is 0.135. The van der Waals surface area contributed by atoms with Crippen LogP contribution >= 0.6 is 27.5 Å². The predicted molar refractivity (Wildman–Crippen MR) is 74.0 cm³/mol. The first kappa shape index (κ1) is 12.6. The number of aromatic nitrogens is 1. The number of nitrogens with two attached hydrogens (primary N) is 1. The van der Waals surface area contributed by atoms with Crippen LogP contribution in [0.25, 0.3) is 0 Å². The monoisotopic (exact) mass is 310 g/mol. The van der Waals surface area contributed by atoms with E-state index in [1.54, 1.807) is 6.20 Å². The molecule has 4 heteroatoms. The Morgan fingerprint density at radius 2 is 2.12 bits per heavy atom. The molecular formula is C13H12BrClN2. The minimum atomic E-state index is -0.135. The number of hydrogen-bond donors (Lipinski definition) is 1. The number of pyridine rings is 1. The molecule has 1 unspecified atom stereocenters. The third kappa shape index (κ3) is 3.28. The molecule has 2 nitrogen and oxygen atoms in total. The van der Waals surface area contributed by atoms with E-state index in [0.717, 1.165) is 27.2 Å². The van der Waals surface area contributed by atoms with Crippen molar-refractivity contribution in [3.05, 3.63) is 63.3 Å². The van der Waals surface area contributed by atoms with Crippen LogP contribution in [0.5, 0.6) is 0 Å². The molecule has 2 rings (SSSR count). The Hall–Kier alpha value is -0.900. The Bertz CT molecular complexity index is 516. The molecule has 0 amide bonds. The van der Waals surface area contributed by atoms with Gasteiger partial charge in [-0.3, -0.25) is 4.98 Å². The Labute approximate surface area is 114 Å². The molecule has 1 aromatic carbocycles. The fraction of sp³-hybridized carbons (Fsp3) is 0.154. The normalized spacial score (nSPS) is 12.4. The molecule has 0 saturated carbocycles. The van der Waals surface area contributed by atoms with Gasteiger partial charge in [-0.05, 0) is 52.2 Å². The number of hydrogen-bond acceptors (Lipinski definition) is 2. The average Bonchev–Trinajstić information content (AvgIpc) is 2.29. The Morgan fingerprint density at radius 3 is 2.82 bits per heavy atom. The molecule has 0 aliphatic rings. The summed E-state index contributed by atoms with van der Waals surface area (Å²) in [5, 5.41) is 0.731. The fourth-order valence-electron chi connectivity index (χ4n) is 1.69. The van der Waals surface area contributed by atoms with Crippen LogP contribution in [-0.2, 0) is 6.42 Å². The summed E-state index contributed by atoms with van der Waals surface area (Å²) in [5.74, 6) is 0. The van der Waals surface area contributed by atoms with E-state index in [9.17, 15) is 0 Å². The van der Waals surface area contributed by atoms with Crippen molar-refractivity contribution in [2.24, 2.45) is 5.73 Å². The maximum atomic E-state index is 6.14. The molecule has 0 spiro atoms. The van der Waals surface area contributed by atoms with E-state index in [2.05, 4.69) is 20.9 Å². The van der Waals surface area contributed by atoms with Crippen LogP contribution in [0.15, 0.2) is 47.1 Å². The van der Waals surface area contributed by atoms with Crippen molar-refractivity contribution >= 4 is 27.5 Å². The molecule has 0 aliphatic carbocycles. The second kappa shape index (κ2) is 5.63. The first-order valence-electron chi connectivity index (χ1n) is 5.27. The van der Waals surface area contributed by atoms with Crippen molar-refractivity contribution < 1.29 is 0 Å². The largest absolute Gasteiger partial charge is 0.322 e. The zero-order chi connectivity index (χ0) is 12.3. The van der Waals surface area contributed by atoms with Crippen molar-refractivity contribution in [3.8, 4) is 0 Å². The van der Waals surface area contributed by atoms with Crippen LogP contribution in [0.2, 0.25) is 5.02 Å². The van der Waals surface area contributed by atoms with Gasteiger partial charge in [0.15, 0.2) is 0 Å². The average molecular weight is 312 g/mol. The molecule has 0 aliphatic heterocycles. The lowest BCUT2D eigenvalue weighted by molar-refractivity contribution is 0.692. The Balaban J connectivity index is 2.17. The summed E-state index contributed by atoms with van der Waals surface area (Å²) in [6.45, 7) is 0. The van der Waals surface area contributed by atoms with Gasteiger partial charge < -0.3 is 5.73 Å². The van der Waals surface area contributed by atoms with Gasteiger partial charge in [-0.15, -0.1) is 0 Å². The Kier molecular flexibility index (Phi) is 4.15. The molecule has 0 saturated heterocycles. The highest BCUT2D eigenvalue weighted by atomic mass is 79.9. The van der Waals surface area contributed by atoms with Crippen LogP contribution in [0.3, 0.4) is 0 Å². The maximum Gasteiger partial charge on any atom is 0.0716 e. The third-order valence-electron chi connectivity index (χ3n) is 2.48. The van der Waals surface area contributed by atoms with Gasteiger partial charge in [0.2, 0.25) is 0 Å². The van der Waals surface area contributed by atoms with Crippen molar-refractivity contribution in [1.29, 1.82) is 0 Å². The number of halogens is 2. The molecule has 0 fully saturated rings. The van der Waals surface area contributed by atoms with E-state index in [1.165, 1.54) is 0 Å². The highest BCUT2D eigenvalue weighted by Crippen LogP contribution is 2.23. The van der Waals surface area contributed by atoms with E-state index in [-0.39, 0.29) is 6.04 Å². The number of nitrogens with zero attached hydrogens (tertiary/aromatic N) is 1. The topological polar surface area (TPSA) is 38.9 Å². The van der Waals surface area contributed by atoms with Gasteiger partial charge in [-0.2, -0.15) is 0 Å². The predicted octanol–water partition coefficient (Wildman–Crippen LogP) is 3.74. The summed E-state index contributed by atoms with van der Waals surface area (Å²) < 4.78 is 0.939. The van der Waals surface area contributed by atoms with Crippen LogP contribution in [0, 0.1) is 0 Å². The maximum absolute atomic E-state index is 6.14. The van der Waals surface area contributed by atoms with Gasteiger partial charge in [0.1, 0.15) is 0 Å². The first-order valence-corrected chi connectivity index (χ1v) is 6.44. The second-order valence-electron chi connectivity index (χ2n) is 3.81. The van der Waals surface area contributed by atoms with Gasteiger partial charge in [-0.1, -0.05) is 23.7 Å². The molecular weight excluding hydrogens is 300 g/mol. The van der Waals surface area contributed by atoms with Gasteiger partial charge in [0.05, 0.1) is 11.7 Å². The first-order chi connectivity index (χ1) is 8.16. The Morgan fingerprint density at radius 1 is 1.29 bits per heavy atom. The summed E-state index contributed by atoms with van der Waals surface area (Å²) in [4.78, 5) is 4.29. The SMILES string of the molecule is NC(Cc1cccc(Cl)c1)c1ncccc1Br. The van der Waals surface area contributed by atoms with Crippen LogP contribution in [0.4, 0.5) is 0 Å². The molecule has 2 N–H and O–H groups in total. The minimum Gasteiger partial charge on any atom is -0.322 e. The van der Waals surface area contributed by atoms with Crippen molar-refractivity contribution in [1.82, 2.24) is 4.98 Å². The highest BCUT2D eigenvalue weighted by Gasteiger charge is 2.11. The molecule has 0 radical (unpaired) electrons. The molecule has 17 heavy (non-hydrogen) atoms. The summed E-state index contributed by atoms with van der Waals surface area (Å²) >= 11 is 9.40. The van der Waals surface area contributed by atoms with Gasteiger partial charge in [0.25, 0.3) is 0 Å². The van der Waals surface area contributed by atoms with Gasteiger partial charge in [0, 0.05) is 15.7 Å². The lowest BCUT2D eigenvalue weighted by Crippen LogP contribution is -2.15. The number of rotatable bonds is 3. The summed E-state index contributed by atoms with van der Waals surface area (Å²) in [5.41, 5.74) is 8.12. The summed E-state index contributed by atoms with van der Waals surface area (Å²) in [6, 6.07) is 11.4. The smallest absolute Gasteiger partial charge is 0.0716 e. The van der Waals surface area contributed by atoms with Gasteiger partial charge in [-0.25, -0.2) is 0 Å². The highest BCUT2D eigenvalue weighted by molar-refractivity contribution is 9.10. The van der Waals surface area contributed by atoms with Crippen LogP contribution in [0.1, 0.15) is 17.3 Å². The van der Waals surface area contributed by atoms with Crippen LogP contribution in [-0.4, -0.2) is 4.98 Å². The van der Waals surface area contributed by atoms with Crippen molar-refractivity contribution in [2.75, 3.05) is 0 Å². The lowest BCUT2D eigenvalue weighted by Gasteiger charge is -2.12. The van der Waals surface area contributed by atoms with E-state index in [0.29, 0.717) is 0 Å². The summed E-state index contributed by atoms with van der Waals surface area (Å²) in [7, 11) is 0. The van der Waals surface area contributed by atoms with Crippen molar-refractivity contribution in [3.63, 3.8) is 0 Å². The van der Waals surface area contributed by atoms with E-state index in [4.69, 9.17) is 17.3 Å². The van der Waals surface area contributed by atoms with E-state index < -0.39 is 0 Å². The lowest BCUT2D eigenvalue weighted by atomic mass is 10.0. The van der Waals surface area contributed by atoms with E-state index >= 15 is 0 Å². The zero-order valence-electron chi connectivity index (χ0n) is 9.11. The standard InChI is InChI=1S/C13H12BrClN2/c14-11-5-2-6-17-13(11)12(16)8-9-3-1-4-10(15)7-9/h1-7,12H,8,16H2. The second-order valence-corrected chi connectivity index (χ2v) is 5.10. The zero-order valence-corrected chi connectivity index (χ0v) is 11.4. The molecule has 1 heterocycles. The quantitative estimate of drug-likeness (QED) is 0.938. The fourth-order valence-corrected chi connectivity index (χ4v) is 2.45. The molecule has 1 aromatic heterocycles. The summed E-state index contributed by atoms with van der Waals surface area (Å²) in [6.07, 6.45) is 2.47. The molecule has 88 valence electrons. The van der Waals surface area contributed by atoms with Crippen molar-refractivity contribution in [2.45, 2.75) is 12.5 Å². The van der Waals surface area contributed by atoms with Crippen LogP contribution < -0.4 is 5.73 Å².